The molecule has 0 radical (unpaired) electrons. The van der Waals surface area contributed by atoms with Crippen molar-refractivity contribution in [1.82, 2.24) is 9.97 Å². The molecule has 5 nitrogen and oxygen atoms in total. The molecule has 0 saturated heterocycles. The fourth-order valence-electron chi connectivity index (χ4n) is 2.24. The summed E-state index contributed by atoms with van der Waals surface area (Å²) in [5.41, 5.74) is 1.70. The number of hydrogen-bond donors (Lipinski definition) is 2. The van der Waals surface area contributed by atoms with Crippen LogP contribution in [0.5, 0.6) is 0 Å². The Morgan fingerprint density at radius 1 is 1.17 bits per heavy atom. The molecule has 0 spiro atoms. The van der Waals surface area contributed by atoms with Crippen molar-refractivity contribution in [3.63, 3.8) is 0 Å². The van der Waals surface area contributed by atoms with Crippen molar-refractivity contribution in [2.45, 2.75) is 13.8 Å². The fraction of sp³-hybridized carbons (Fsp3) is 0.118. The summed E-state index contributed by atoms with van der Waals surface area (Å²) >= 11 is 1.30. The van der Waals surface area contributed by atoms with E-state index in [0.717, 1.165) is 10.4 Å². The van der Waals surface area contributed by atoms with Crippen molar-refractivity contribution < 1.29 is 9.18 Å². The molecule has 0 aliphatic rings. The van der Waals surface area contributed by atoms with Gasteiger partial charge in [-0.2, -0.15) is 0 Å². The number of aromatic amines is 1. The van der Waals surface area contributed by atoms with E-state index in [1.165, 1.54) is 29.5 Å². The van der Waals surface area contributed by atoms with E-state index < -0.39 is 11.5 Å². The summed E-state index contributed by atoms with van der Waals surface area (Å²) in [4.78, 5) is 31.9. The highest BCUT2D eigenvalue weighted by atomic mass is 32.1. The number of anilines is 1. The van der Waals surface area contributed by atoms with Crippen LogP contribution in [0.3, 0.4) is 0 Å². The number of benzene rings is 1. The molecule has 2 heterocycles. The summed E-state index contributed by atoms with van der Waals surface area (Å²) in [7, 11) is 0. The van der Waals surface area contributed by atoms with Gasteiger partial charge in [-0.05, 0) is 50.2 Å². The Hall–Kier alpha value is -2.80. The van der Waals surface area contributed by atoms with Gasteiger partial charge in [0.05, 0.1) is 5.69 Å². The molecule has 0 aliphatic carbocycles. The smallest absolute Gasteiger partial charge is 0.263 e. The lowest BCUT2D eigenvalue weighted by Crippen LogP contribution is -2.23. The average molecular weight is 343 g/mol. The van der Waals surface area contributed by atoms with Crippen LogP contribution < -0.4 is 10.9 Å². The zero-order valence-corrected chi connectivity index (χ0v) is 13.8. The van der Waals surface area contributed by atoms with Crippen LogP contribution in [-0.2, 0) is 0 Å². The van der Waals surface area contributed by atoms with Crippen molar-refractivity contribution in [2.75, 3.05) is 5.32 Å². The number of halogens is 1. The third-order valence-electron chi connectivity index (χ3n) is 3.43. The van der Waals surface area contributed by atoms with Crippen LogP contribution in [0.25, 0.3) is 11.3 Å². The van der Waals surface area contributed by atoms with Crippen molar-refractivity contribution in [2.24, 2.45) is 0 Å². The summed E-state index contributed by atoms with van der Waals surface area (Å²) in [6.07, 6.45) is 0. The number of aryl methyl sites for hydroxylation is 2. The molecule has 1 aromatic carbocycles. The van der Waals surface area contributed by atoms with Gasteiger partial charge in [0, 0.05) is 16.1 Å². The number of H-pyrrole nitrogens is 1. The van der Waals surface area contributed by atoms with Gasteiger partial charge in [-0.3, -0.25) is 14.9 Å². The van der Waals surface area contributed by atoms with Gasteiger partial charge in [0.1, 0.15) is 11.4 Å². The van der Waals surface area contributed by atoms with E-state index in [1.54, 1.807) is 25.1 Å². The van der Waals surface area contributed by atoms with E-state index in [1.807, 2.05) is 6.92 Å². The molecule has 0 aliphatic heterocycles. The fourth-order valence-corrected chi connectivity index (χ4v) is 3.07. The standard InChI is InChI=1S/C17H14FN3O2S/c1-9-3-8-13(15(22)19-9)16(23)21-17-20-14(10(2)24-17)11-4-6-12(18)7-5-11/h3-8H,1-2H3,(H,19,22)(H,20,21,23). The Balaban J connectivity index is 1.86. The first-order valence-electron chi connectivity index (χ1n) is 7.18. The first kappa shape index (κ1) is 16.1. The summed E-state index contributed by atoms with van der Waals surface area (Å²) in [5.74, 6) is -0.839. The average Bonchev–Trinajstić information content (AvgIpc) is 2.88. The number of nitrogens with zero attached hydrogens (tertiary/aromatic N) is 1. The minimum absolute atomic E-state index is 0.0248. The van der Waals surface area contributed by atoms with Gasteiger partial charge >= 0.3 is 0 Å². The third-order valence-corrected chi connectivity index (χ3v) is 4.32. The van der Waals surface area contributed by atoms with E-state index in [-0.39, 0.29) is 11.4 Å². The molecular weight excluding hydrogens is 329 g/mol. The maximum atomic E-state index is 13.0. The normalized spacial score (nSPS) is 10.6. The number of pyridine rings is 1. The molecule has 24 heavy (non-hydrogen) atoms. The van der Waals surface area contributed by atoms with E-state index in [2.05, 4.69) is 15.3 Å². The lowest BCUT2D eigenvalue weighted by molar-refractivity contribution is 0.102. The van der Waals surface area contributed by atoms with Gasteiger partial charge in [0.2, 0.25) is 0 Å². The predicted molar refractivity (Wildman–Crippen MR) is 92.0 cm³/mol. The monoisotopic (exact) mass is 343 g/mol. The minimum Gasteiger partial charge on any atom is -0.326 e. The zero-order valence-electron chi connectivity index (χ0n) is 13.0. The highest BCUT2D eigenvalue weighted by Gasteiger charge is 2.15. The van der Waals surface area contributed by atoms with E-state index in [9.17, 15) is 14.0 Å². The Kier molecular flexibility index (Phi) is 4.26. The molecule has 0 unspecified atom stereocenters. The maximum Gasteiger partial charge on any atom is 0.263 e. The molecular formula is C17H14FN3O2S. The summed E-state index contributed by atoms with van der Waals surface area (Å²) in [6, 6.07) is 9.12. The number of aromatic nitrogens is 2. The minimum atomic E-state index is -0.518. The van der Waals surface area contributed by atoms with Crippen LogP contribution in [0.15, 0.2) is 41.2 Å². The quantitative estimate of drug-likeness (QED) is 0.764. The molecule has 1 amide bonds. The van der Waals surface area contributed by atoms with Gasteiger partial charge in [0.15, 0.2) is 5.13 Å². The van der Waals surface area contributed by atoms with Crippen LogP contribution >= 0.6 is 11.3 Å². The van der Waals surface area contributed by atoms with E-state index in [4.69, 9.17) is 0 Å². The molecule has 3 rings (SSSR count). The highest BCUT2D eigenvalue weighted by Crippen LogP contribution is 2.30. The van der Waals surface area contributed by atoms with Crippen LogP contribution in [0.2, 0.25) is 0 Å². The third kappa shape index (κ3) is 3.26. The lowest BCUT2D eigenvalue weighted by Gasteiger charge is -2.01. The Labute approximate surface area is 141 Å². The molecule has 0 fully saturated rings. The van der Waals surface area contributed by atoms with Crippen LogP contribution in [0.4, 0.5) is 9.52 Å². The second kappa shape index (κ2) is 6.37. The van der Waals surface area contributed by atoms with Crippen molar-refractivity contribution in [3.8, 4) is 11.3 Å². The largest absolute Gasteiger partial charge is 0.326 e. The van der Waals surface area contributed by atoms with E-state index in [0.29, 0.717) is 16.5 Å². The van der Waals surface area contributed by atoms with E-state index >= 15 is 0 Å². The lowest BCUT2D eigenvalue weighted by atomic mass is 10.1. The summed E-state index contributed by atoms with van der Waals surface area (Å²) in [5, 5.41) is 3.02. The first-order valence-corrected chi connectivity index (χ1v) is 8.00. The number of hydrogen-bond acceptors (Lipinski definition) is 4. The zero-order chi connectivity index (χ0) is 17.3. The summed E-state index contributed by atoms with van der Waals surface area (Å²) in [6.45, 7) is 3.60. The van der Waals surface area contributed by atoms with Crippen LogP contribution in [0.1, 0.15) is 20.9 Å². The van der Waals surface area contributed by atoms with Crippen molar-refractivity contribution in [1.29, 1.82) is 0 Å². The second-order valence-corrected chi connectivity index (χ2v) is 6.47. The Morgan fingerprint density at radius 3 is 2.54 bits per heavy atom. The van der Waals surface area contributed by atoms with Gasteiger partial charge in [0.25, 0.3) is 11.5 Å². The SMILES string of the molecule is Cc1ccc(C(=O)Nc2nc(-c3ccc(F)cc3)c(C)s2)c(=O)[nH]1. The van der Waals surface area contributed by atoms with Gasteiger partial charge in [-0.15, -0.1) is 11.3 Å². The van der Waals surface area contributed by atoms with Crippen LogP contribution in [0, 0.1) is 19.7 Å². The highest BCUT2D eigenvalue weighted by molar-refractivity contribution is 7.16. The maximum absolute atomic E-state index is 13.0. The van der Waals surface area contributed by atoms with Crippen molar-refractivity contribution >= 4 is 22.4 Å². The van der Waals surface area contributed by atoms with Gasteiger partial charge in [-0.1, -0.05) is 0 Å². The summed E-state index contributed by atoms with van der Waals surface area (Å²) < 4.78 is 13.0. The number of thiazole rings is 1. The predicted octanol–water partition coefficient (Wildman–Crippen LogP) is 3.51. The molecule has 2 aromatic heterocycles. The topological polar surface area (TPSA) is 74.8 Å². The molecule has 7 heteroatoms. The molecule has 3 aromatic rings. The van der Waals surface area contributed by atoms with Crippen LogP contribution in [-0.4, -0.2) is 15.9 Å². The first-order chi connectivity index (χ1) is 11.4. The number of carbonyl (C=O) groups is 1. The Morgan fingerprint density at radius 2 is 1.88 bits per heavy atom. The molecule has 0 atom stereocenters. The molecule has 0 saturated carbocycles. The van der Waals surface area contributed by atoms with Crippen molar-refractivity contribution in [3.05, 3.63) is 68.7 Å². The molecule has 122 valence electrons. The van der Waals surface area contributed by atoms with Gasteiger partial charge < -0.3 is 4.98 Å². The number of amides is 1. The Bertz CT molecular complexity index is 961. The second-order valence-electron chi connectivity index (χ2n) is 5.27. The number of rotatable bonds is 3. The molecule has 2 N–H and O–H groups in total. The number of nitrogens with one attached hydrogen (secondary N) is 2. The number of carbonyl (C=O) groups excluding carboxylic acids is 1. The van der Waals surface area contributed by atoms with Gasteiger partial charge in [-0.25, -0.2) is 9.37 Å². The molecule has 0 bridgehead atoms.